The van der Waals surface area contributed by atoms with E-state index >= 15 is 0 Å². The third-order valence-corrected chi connectivity index (χ3v) is 5.08. The minimum absolute atomic E-state index is 0.179. The van der Waals surface area contributed by atoms with E-state index in [-0.39, 0.29) is 11.9 Å². The fourth-order valence-corrected chi connectivity index (χ4v) is 3.71. The minimum Gasteiger partial charge on any atom is -0.370 e. The van der Waals surface area contributed by atoms with E-state index in [9.17, 15) is 4.79 Å². The number of carbonyl (C=O) groups excluding carboxylic acids is 1. The van der Waals surface area contributed by atoms with Gasteiger partial charge in [0.1, 0.15) is 5.82 Å². The molecule has 7 nitrogen and oxygen atoms in total. The molecule has 1 aromatic carbocycles. The highest BCUT2D eigenvalue weighted by atomic mass is 35.5. The number of nitrogens with zero attached hydrogens (tertiary/aromatic N) is 3. The first-order chi connectivity index (χ1) is 13.5. The molecule has 0 unspecified atom stereocenters. The Balaban J connectivity index is 1.88. The lowest BCUT2D eigenvalue weighted by atomic mass is 9.97. The molecule has 0 bridgehead atoms. The highest BCUT2D eigenvalue weighted by Gasteiger charge is 2.19. The number of fused-ring (bicyclic) bond motifs is 1. The van der Waals surface area contributed by atoms with Crippen molar-refractivity contribution in [3.8, 4) is 22.4 Å². The number of nitrogens with one attached hydrogen (secondary N) is 2. The second-order valence-electron chi connectivity index (χ2n) is 6.57. The number of nitrogens with two attached hydrogens (primary N) is 1. The van der Waals surface area contributed by atoms with Gasteiger partial charge >= 0.3 is 0 Å². The van der Waals surface area contributed by atoms with Gasteiger partial charge in [-0.1, -0.05) is 17.7 Å². The molecular weight excluding hydrogens is 376 g/mol. The van der Waals surface area contributed by atoms with Crippen LogP contribution in [0.4, 0.5) is 11.8 Å². The molecule has 0 atom stereocenters. The van der Waals surface area contributed by atoms with Crippen LogP contribution in [-0.2, 0) is 6.42 Å². The zero-order valence-electron chi connectivity index (χ0n) is 15.5. The number of carbonyl (C=O) groups is 1. The van der Waals surface area contributed by atoms with Gasteiger partial charge in [0.05, 0.1) is 22.0 Å². The monoisotopic (exact) mass is 394 g/mol. The summed E-state index contributed by atoms with van der Waals surface area (Å²) < 4.78 is 0. The van der Waals surface area contributed by atoms with Gasteiger partial charge in [-0.15, -0.1) is 0 Å². The lowest BCUT2D eigenvalue weighted by Crippen LogP contribution is -2.18. The molecule has 4 rings (SSSR count). The van der Waals surface area contributed by atoms with Gasteiger partial charge in [-0.3, -0.25) is 4.79 Å². The standard InChI is InChI=1S/C20H19ClN6O/c1-10-16(13-7-12-5-6-24-18(12)25-9-13)17(27-20(22)26-10)11-3-4-14(15(21)8-11)19(28)23-2/h3-4,7-9H,5-6H2,1-2H3,(H,23,28)(H,24,25)(H2,22,26,27). The van der Waals surface area contributed by atoms with Crippen LogP contribution in [0.3, 0.4) is 0 Å². The van der Waals surface area contributed by atoms with Crippen LogP contribution in [0.15, 0.2) is 30.5 Å². The molecule has 1 amide bonds. The van der Waals surface area contributed by atoms with Gasteiger partial charge in [-0.05, 0) is 37.1 Å². The van der Waals surface area contributed by atoms with Crippen molar-refractivity contribution in [2.45, 2.75) is 13.3 Å². The van der Waals surface area contributed by atoms with Gasteiger partial charge in [0.2, 0.25) is 5.95 Å². The first-order valence-electron chi connectivity index (χ1n) is 8.87. The van der Waals surface area contributed by atoms with Crippen LogP contribution in [0.25, 0.3) is 22.4 Å². The zero-order valence-corrected chi connectivity index (χ0v) is 16.3. The molecule has 3 heterocycles. The summed E-state index contributed by atoms with van der Waals surface area (Å²) in [6, 6.07) is 7.32. The molecule has 1 aliphatic rings. The summed E-state index contributed by atoms with van der Waals surface area (Å²) in [4.78, 5) is 25.3. The molecule has 3 aromatic rings. The Hall–Kier alpha value is -3.19. The van der Waals surface area contributed by atoms with Crippen LogP contribution in [0.1, 0.15) is 21.6 Å². The molecule has 2 aromatic heterocycles. The predicted molar refractivity (Wildman–Crippen MR) is 110 cm³/mol. The van der Waals surface area contributed by atoms with Crippen LogP contribution in [-0.4, -0.2) is 34.5 Å². The van der Waals surface area contributed by atoms with Crippen LogP contribution < -0.4 is 16.4 Å². The quantitative estimate of drug-likeness (QED) is 0.630. The Morgan fingerprint density at radius 3 is 2.82 bits per heavy atom. The van der Waals surface area contributed by atoms with Crippen molar-refractivity contribution in [3.63, 3.8) is 0 Å². The Bertz CT molecular complexity index is 1100. The van der Waals surface area contributed by atoms with Gasteiger partial charge < -0.3 is 16.4 Å². The number of aromatic nitrogens is 3. The molecule has 0 radical (unpaired) electrons. The number of amides is 1. The van der Waals surface area contributed by atoms with E-state index in [1.54, 1.807) is 19.2 Å². The van der Waals surface area contributed by atoms with E-state index in [0.29, 0.717) is 16.3 Å². The average Bonchev–Trinajstić information content (AvgIpc) is 3.14. The highest BCUT2D eigenvalue weighted by Crippen LogP contribution is 2.36. The van der Waals surface area contributed by atoms with Crippen LogP contribution in [0.5, 0.6) is 0 Å². The SMILES string of the molecule is CNC(=O)c1ccc(-c2nc(N)nc(C)c2-c2cnc3c(c2)CCN3)cc1Cl. The number of aryl methyl sites for hydroxylation is 1. The van der Waals surface area contributed by atoms with Crippen molar-refractivity contribution >= 4 is 29.3 Å². The lowest BCUT2D eigenvalue weighted by molar-refractivity contribution is 0.0963. The second-order valence-corrected chi connectivity index (χ2v) is 6.98. The van der Waals surface area contributed by atoms with Crippen LogP contribution in [0.2, 0.25) is 5.02 Å². The normalized spacial score (nSPS) is 12.4. The van der Waals surface area contributed by atoms with Crippen molar-refractivity contribution in [3.05, 3.63) is 52.3 Å². The first kappa shape index (κ1) is 18.2. The molecule has 8 heteroatoms. The molecule has 142 valence electrons. The first-order valence-corrected chi connectivity index (χ1v) is 9.25. The number of pyridine rings is 1. The fourth-order valence-electron chi connectivity index (χ4n) is 3.44. The summed E-state index contributed by atoms with van der Waals surface area (Å²) in [6.45, 7) is 2.77. The fraction of sp³-hybridized carbons (Fsp3) is 0.200. The lowest BCUT2D eigenvalue weighted by Gasteiger charge is -2.14. The maximum atomic E-state index is 11.9. The smallest absolute Gasteiger partial charge is 0.252 e. The van der Waals surface area contributed by atoms with Crippen molar-refractivity contribution in [2.75, 3.05) is 24.6 Å². The van der Waals surface area contributed by atoms with Crippen molar-refractivity contribution in [2.24, 2.45) is 0 Å². The van der Waals surface area contributed by atoms with E-state index in [1.807, 2.05) is 19.2 Å². The highest BCUT2D eigenvalue weighted by molar-refractivity contribution is 6.34. The summed E-state index contributed by atoms with van der Waals surface area (Å²) >= 11 is 6.35. The van der Waals surface area contributed by atoms with Crippen LogP contribution >= 0.6 is 11.6 Å². The number of halogens is 1. The number of rotatable bonds is 3. The molecular formula is C20H19ClN6O. The van der Waals surface area contributed by atoms with Gasteiger partial charge in [0.15, 0.2) is 0 Å². The number of hydrogen-bond donors (Lipinski definition) is 3. The maximum absolute atomic E-state index is 11.9. The summed E-state index contributed by atoms with van der Waals surface area (Å²) in [5, 5.41) is 6.18. The Labute approximate surface area is 167 Å². The minimum atomic E-state index is -0.245. The zero-order chi connectivity index (χ0) is 19.8. The van der Waals surface area contributed by atoms with Gasteiger partial charge in [0.25, 0.3) is 5.91 Å². The van der Waals surface area contributed by atoms with E-state index < -0.39 is 0 Å². The third-order valence-electron chi connectivity index (χ3n) is 4.76. The summed E-state index contributed by atoms with van der Waals surface area (Å²) in [7, 11) is 1.56. The van der Waals surface area contributed by atoms with E-state index in [0.717, 1.165) is 46.7 Å². The average molecular weight is 395 g/mol. The van der Waals surface area contributed by atoms with Gasteiger partial charge in [-0.2, -0.15) is 0 Å². The summed E-state index contributed by atoms with van der Waals surface area (Å²) in [5.41, 5.74) is 11.4. The molecule has 1 aliphatic heterocycles. The Kier molecular flexibility index (Phi) is 4.60. The van der Waals surface area contributed by atoms with Crippen molar-refractivity contribution < 1.29 is 4.79 Å². The number of hydrogen-bond acceptors (Lipinski definition) is 6. The summed E-state index contributed by atoms with van der Waals surface area (Å²) in [6.07, 6.45) is 2.73. The Morgan fingerprint density at radius 1 is 1.25 bits per heavy atom. The largest absolute Gasteiger partial charge is 0.370 e. The predicted octanol–water partition coefficient (Wildman–Crippen LogP) is 3.08. The van der Waals surface area contributed by atoms with Crippen molar-refractivity contribution in [1.82, 2.24) is 20.3 Å². The molecule has 28 heavy (non-hydrogen) atoms. The number of anilines is 2. The Morgan fingerprint density at radius 2 is 2.07 bits per heavy atom. The van der Waals surface area contributed by atoms with E-state index in [2.05, 4.69) is 31.7 Å². The summed E-state index contributed by atoms with van der Waals surface area (Å²) in [5.74, 6) is 0.848. The number of nitrogen functional groups attached to an aromatic ring is 1. The molecule has 4 N–H and O–H groups in total. The molecule has 0 saturated carbocycles. The van der Waals surface area contributed by atoms with Gasteiger partial charge in [-0.25, -0.2) is 15.0 Å². The third kappa shape index (κ3) is 3.14. The maximum Gasteiger partial charge on any atom is 0.252 e. The molecule has 0 fully saturated rings. The molecule has 0 spiro atoms. The molecule has 0 saturated heterocycles. The topological polar surface area (TPSA) is 106 Å². The van der Waals surface area contributed by atoms with Gasteiger partial charge in [0, 0.05) is 36.5 Å². The number of benzene rings is 1. The van der Waals surface area contributed by atoms with E-state index in [1.165, 1.54) is 0 Å². The van der Waals surface area contributed by atoms with E-state index in [4.69, 9.17) is 17.3 Å². The molecule has 0 aliphatic carbocycles. The second kappa shape index (κ2) is 7.09. The van der Waals surface area contributed by atoms with Crippen molar-refractivity contribution in [1.29, 1.82) is 0 Å². The van der Waals surface area contributed by atoms with Crippen LogP contribution in [0, 0.1) is 6.92 Å².